The van der Waals surface area contributed by atoms with Crippen LogP contribution in [0.4, 0.5) is 0 Å². The first kappa shape index (κ1) is 9.00. The molecule has 0 bridgehead atoms. The molecule has 0 spiro atoms. The van der Waals surface area contributed by atoms with Crippen molar-refractivity contribution in [3.05, 3.63) is 0 Å². The molecule has 74 valence electrons. The topological polar surface area (TPSA) is 40.5 Å². The lowest BCUT2D eigenvalue weighted by atomic mass is 9.77. The first-order valence-electron chi connectivity index (χ1n) is 5.12. The third-order valence-corrected chi connectivity index (χ3v) is 3.53. The van der Waals surface area contributed by atoms with Gasteiger partial charge in [-0.1, -0.05) is 0 Å². The summed E-state index contributed by atoms with van der Waals surface area (Å²) in [6.07, 6.45) is 4.26. The van der Waals surface area contributed by atoms with E-state index in [1.54, 1.807) is 0 Å². The Kier molecular flexibility index (Phi) is 2.28. The van der Waals surface area contributed by atoms with Gasteiger partial charge < -0.3 is 10.0 Å². The van der Waals surface area contributed by atoms with Crippen LogP contribution in [-0.2, 0) is 4.79 Å². The van der Waals surface area contributed by atoms with Crippen molar-refractivity contribution in [2.24, 2.45) is 5.92 Å². The van der Waals surface area contributed by atoms with E-state index in [4.69, 9.17) is 0 Å². The summed E-state index contributed by atoms with van der Waals surface area (Å²) in [4.78, 5) is 13.3. The zero-order valence-electron chi connectivity index (χ0n) is 8.07. The number of hydrogen-bond acceptors (Lipinski definition) is 2. The maximum atomic E-state index is 11.4. The van der Waals surface area contributed by atoms with E-state index < -0.39 is 0 Å². The number of nitrogens with zero attached hydrogens (tertiary/aromatic N) is 1. The van der Waals surface area contributed by atoms with Gasteiger partial charge in [-0.25, -0.2) is 0 Å². The van der Waals surface area contributed by atoms with E-state index in [0.29, 0.717) is 18.4 Å². The highest BCUT2D eigenvalue weighted by atomic mass is 16.3. The Morgan fingerprint density at radius 1 is 1.38 bits per heavy atom. The molecule has 1 N–H and O–H groups in total. The number of hydrogen-bond donors (Lipinski definition) is 1. The normalized spacial score (nSPS) is 40.3. The van der Waals surface area contributed by atoms with Crippen molar-refractivity contribution >= 4 is 5.91 Å². The largest absolute Gasteiger partial charge is 0.393 e. The van der Waals surface area contributed by atoms with Crippen LogP contribution in [0.15, 0.2) is 0 Å². The zero-order valence-corrected chi connectivity index (χ0v) is 8.07. The fourth-order valence-corrected chi connectivity index (χ4v) is 2.71. The second-order valence-corrected chi connectivity index (χ2v) is 4.34. The number of carbonyl (C=O) groups is 1. The maximum Gasteiger partial charge on any atom is 0.222 e. The molecule has 13 heavy (non-hydrogen) atoms. The van der Waals surface area contributed by atoms with Crippen molar-refractivity contribution in [3.8, 4) is 0 Å². The molecule has 1 aliphatic heterocycles. The molecule has 3 atom stereocenters. The summed E-state index contributed by atoms with van der Waals surface area (Å²) in [6.45, 7) is 0. The molecule has 0 aromatic heterocycles. The number of amides is 1. The lowest BCUT2D eigenvalue weighted by Gasteiger charge is -2.43. The predicted molar refractivity (Wildman–Crippen MR) is 49.1 cm³/mol. The van der Waals surface area contributed by atoms with Crippen LogP contribution in [0.5, 0.6) is 0 Å². The molecule has 0 aromatic carbocycles. The molecule has 2 aliphatic rings. The summed E-state index contributed by atoms with van der Waals surface area (Å²) in [5, 5.41) is 9.50. The fourth-order valence-electron chi connectivity index (χ4n) is 2.71. The van der Waals surface area contributed by atoms with Crippen LogP contribution >= 0.6 is 0 Å². The molecule has 2 fully saturated rings. The molecule has 1 saturated carbocycles. The molecule has 0 aromatic rings. The number of fused-ring (bicyclic) bond motifs is 1. The van der Waals surface area contributed by atoms with Crippen molar-refractivity contribution < 1.29 is 9.90 Å². The number of aliphatic hydroxyl groups is 1. The molecule has 1 aliphatic carbocycles. The van der Waals surface area contributed by atoms with Crippen LogP contribution in [-0.4, -0.2) is 35.1 Å². The van der Waals surface area contributed by atoms with E-state index in [1.165, 1.54) is 0 Å². The van der Waals surface area contributed by atoms with Gasteiger partial charge in [-0.15, -0.1) is 0 Å². The van der Waals surface area contributed by atoms with Crippen molar-refractivity contribution in [2.45, 2.75) is 44.2 Å². The monoisotopic (exact) mass is 183 g/mol. The Bertz CT molecular complexity index is 217. The van der Waals surface area contributed by atoms with Gasteiger partial charge in [-0.05, 0) is 31.6 Å². The molecule has 2 rings (SSSR count). The maximum absolute atomic E-state index is 11.4. The van der Waals surface area contributed by atoms with Crippen molar-refractivity contribution in [3.63, 3.8) is 0 Å². The second-order valence-electron chi connectivity index (χ2n) is 4.34. The average molecular weight is 183 g/mol. The van der Waals surface area contributed by atoms with Crippen LogP contribution in [0, 0.1) is 5.92 Å². The SMILES string of the molecule is CN1C(=O)CCC2CC(O)CCC21. The minimum atomic E-state index is -0.122. The molecule has 1 saturated heterocycles. The predicted octanol–water partition coefficient (Wildman–Crippen LogP) is 0.768. The van der Waals surface area contributed by atoms with E-state index in [1.807, 2.05) is 11.9 Å². The summed E-state index contributed by atoms with van der Waals surface area (Å²) in [5.74, 6) is 0.823. The highest BCUT2D eigenvalue weighted by Gasteiger charge is 2.37. The average Bonchev–Trinajstić information content (AvgIpc) is 2.12. The van der Waals surface area contributed by atoms with Gasteiger partial charge in [0.05, 0.1) is 6.10 Å². The van der Waals surface area contributed by atoms with Gasteiger partial charge >= 0.3 is 0 Å². The summed E-state index contributed by atoms with van der Waals surface area (Å²) >= 11 is 0. The molecule has 1 amide bonds. The second kappa shape index (κ2) is 3.29. The Balaban J connectivity index is 2.06. The van der Waals surface area contributed by atoms with Gasteiger partial charge in [0.2, 0.25) is 5.91 Å². The quantitative estimate of drug-likeness (QED) is 0.602. The van der Waals surface area contributed by atoms with Crippen LogP contribution in [0.3, 0.4) is 0 Å². The highest BCUT2D eigenvalue weighted by molar-refractivity contribution is 5.77. The van der Waals surface area contributed by atoms with Gasteiger partial charge in [0.1, 0.15) is 0 Å². The molecule has 3 nitrogen and oxygen atoms in total. The van der Waals surface area contributed by atoms with Gasteiger partial charge in [0, 0.05) is 19.5 Å². The van der Waals surface area contributed by atoms with Gasteiger partial charge in [0.25, 0.3) is 0 Å². The number of likely N-dealkylation sites (tertiary alicyclic amines) is 1. The fraction of sp³-hybridized carbons (Fsp3) is 0.900. The summed E-state index contributed by atoms with van der Waals surface area (Å²) in [7, 11) is 1.90. The number of carbonyl (C=O) groups excluding carboxylic acids is 1. The van der Waals surface area contributed by atoms with E-state index in [9.17, 15) is 9.90 Å². The van der Waals surface area contributed by atoms with Crippen LogP contribution in [0.1, 0.15) is 32.1 Å². The Hall–Kier alpha value is -0.570. The smallest absolute Gasteiger partial charge is 0.222 e. The highest BCUT2D eigenvalue weighted by Crippen LogP contribution is 2.34. The lowest BCUT2D eigenvalue weighted by molar-refractivity contribution is -0.139. The molecule has 1 heterocycles. The zero-order chi connectivity index (χ0) is 9.42. The Morgan fingerprint density at radius 2 is 2.15 bits per heavy atom. The molecular weight excluding hydrogens is 166 g/mol. The Labute approximate surface area is 78.7 Å². The first-order chi connectivity index (χ1) is 6.18. The third-order valence-electron chi connectivity index (χ3n) is 3.53. The number of aliphatic hydroxyl groups excluding tert-OH is 1. The summed E-state index contributed by atoms with van der Waals surface area (Å²) < 4.78 is 0. The van der Waals surface area contributed by atoms with Gasteiger partial charge in [-0.2, -0.15) is 0 Å². The van der Waals surface area contributed by atoms with Crippen LogP contribution in [0.2, 0.25) is 0 Å². The molecule has 3 unspecified atom stereocenters. The summed E-state index contributed by atoms with van der Waals surface area (Å²) in [5.41, 5.74) is 0. The van der Waals surface area contributed by atoms with Gasteiger partial charge in [0.15, 0.2) is 0 Å². The summed E-state index contributed by atoms with van der Waals surface area (Å²) in [6, 6.07) is 0.407. The standard InChI is InChI=1S/C10H17NO2/c1-11-9-4-3-8(12)6-7(9)2-5-10(11)13/h7-9,12H,2-6H2,1H3. The van der Waals surface area contributed by atoms with Crippen molar-refractivity contribution in [2.75, 3.05) is 7.05 Å². The van der Waals surface area contributed by atoms with E-state index >= 15 is 0 Å². The molecule has 0 radical (unpaired) electrons. The first-order valence-corrected chi connectivity index (χ1v) is 5.12. The third kappa shape index (κ3) is 1.57. The van der Waals surface area contributed by atoms with E-state index in [2.05, 4.69) is 0 Å². The molecule has 3 heteroatoms. The van der Waals surface area contributed by atoms with E-state index in [0.717, 1.165) is 25.7 Å². The minimum absolute atomic E-state index is 0.122. The molecular formula is C10H17NO2. The van der Waals surface area contributed by atoms with Crippen LogP contribution < -0.4 is 0 Å². The van der Waals surface area contributed by atoms with Crippen molar-refractivity contribution in [1.82, 2.24) is 4.90 Å². The van der Waals surface area contributed by atoms with E-state index in [-0.39, 0.29) is 12.0 Å². The minimum Gasteiger partial charge on any atom is -0.393 e. The van der Waals surface area contributed by atoms with Crippen molar-refractivity contribution in [1.29, 1.82) is 0 Å². The Morgan fingerprint density at radius 3 is 2.92 bits per heavy atom. The number of piperidine rings is 1. The van der Waals surface area contributed by atoms with Gasteiger partial charge in [-0.3, -0.25) is 4.79 Å². The lowest BCUT2D eigenvalue weighted by Crippen LogP contribution is -2.49. The van der Waals surface area contributed by atoms with Crippen LogP contribution in [0.25, 0.3) is 0 Å². The number of rotatable bonds is 0.